The fraction of sp³-hybridized carbons (Fsp3) is 0.158. The highest BCUT2D eigenvalue weighted by atomic mass is 16.5. The Bertz CT molecular complexity index is 973. The summed E-state index contributed by atoms with van der Waals surface area (Å²) in [5, 5.41) is 14.2. The molecule has 128 valence electrons. The Hall–Kier alpha value is -3.28. The molecule has 0 saturated carbocycles. The molecule has 0 radical (unpaired) electrons. The number of hydrogen-bond donors (Lipinski definition) is 2. The molecule has 0 unspecified atom stereocenters. The van der Waals surface area contributed by atoms with Crippen LogP contribution in [0.25, 0.3) is 10.9 Å². The van der Waals surface area contributed by atoms with Crippen LogP contribution in [-0.4, -0.2) is 28.9 Å². The zero-order chi connectivity index (χ0) is 18.0. The first-order chi connectivity index (χ1) is 12.0. The Morgan fingerprint density at radius 2 is 2.08 bits per heavy atom. The van der Waals surface area contributed by atoms with Crippen molar-refractivity contribution in [1.82, 2.24) is 9.99 Å². The molecular weight excluding hydrogens is 318 g/mol. The molecule has 1 aromatic heterocycles. The number of amides is 1. The molecule has 0 atom stereocenters. The normalized spacial score (nSPS) is 11.2. The van der Waals surface area contributed by atoms with E-state index in [0.717, 1.165) is 16.6 Å². The molecule has 0 saturated heterocycles. The van der Waals surface area contributed by atoms with Gasteiger partial charge in [-0.25, -0.2) is 5.43 Å². The van der Waals surface area contributed by atoms with Gasteiger partial charge in [0.05, 0.1) is 18.9 Å². The number of hydrogen-bond acceptors (Lipinski definition) is 4. The van der Waals surface area contributed by atoms with Crippen molar-refractivity contribution >= 4 is 23.0 Å². The quantitative estimate of drug-likeness (QED) is 0.568. The van der Waals surface area contributed by atoms with Crippen molar-refractivity contribution < 1.29 is 14.6 Å². The highest BCUT2D eigenvalue weighted by Crippen LogP contribution is 2.28. The summed E-state index contributed by atoms with van der Waals surface area (Å²) < 4.78 is 7.22. The first-order valence-corrected chi connectivity index (χ1v) is 7.76. The van der Waals surface area contributed by atoms with Crippen molar-refractivity contribution in [2.45, 2.75) is 6.92 Å². The molecule has 3 aromatic rings. The number of hydrazone groups is 1. The van der Waals surface area contributed by atoms with Crippen LogP contribution in [0.4, 0.5) is 0 Å². The number of phenols is 1. The van der Waals surface area contributed by atoms with E-state index in [1.807, 2.05) is 36.7 Å². The van der Waals surface area contributed by atoms with Gasteiger partial charge in [0.15, 0.2) is 0 Å². The van der Waals surface area contributed by atoms with Crippen molar-refractivity contribution in [2.24, 2.45) is 12.1 Å². The Kier molecular flexibility index (Phi) is 4.43. The van der Waals surface area contributed by atoms with Gasteiger partial charge in [0.25, 0.3) is 5.91 Å². The van der Waals surface area contributed by atoms with Crippen LogP contribution in [0.2, 0.25) is 0 Å². The Balaban J connectivity index is 1.90. The lowest BCUT2D eigenvalue weighted by atomic mass is 10.1. The number of methoxy groups -OCH3 is 1. The first kappa shape index (κ1) is 16.6. The standard InChI is InChI=1S/C19H19N3O3/c1-12-18(16-10-15(25-3)7-8-17(16)22(12)2)19(24)21-20-11-13-5-4-6-14(23)9-13/h4-11,23H,1-3H3,(H,21,24)/b20-11-. The summed E-state index contributed by atoms with van der Waals surface area (Å²) in [6.45, 7) is 1.89. The summed E-state index contributed by atoms with van der Waals surface area (Å²) in [5.41, 5.74) is 5.58. The predicted molar refractivity (Wildman–Crippen MR) is 97.4 cm³/mol. The molecule has 1 amide bonds. The summed E-state index contributed by atoms with van der Waals surface area (Å²) >= 11 is 0. The summed E-state index contributed by atoms with van der Waals surface area (Å²) in [6, 6.07) is 12.3. The lowest BCUT2D eigenvalue weighted by Crippen LogP contribution is -2.18. The molecule has 1 heterocycles. The molecular formula is C19H19N3O3. The molecule has 6 heteroatoms. The molecule has 2 aromatic carbocycles. The fourth-order valence-electron chi connectivity index (χ4n) is 2.79. The van der Waals surface area contributed by atoms with Crippen LogP contribution < -0.4 is 10.2 Å². The van der Waals surface area contributed by atoms with Crippen molar-refractivity contribution in [2.75, 3.05) is 7.11 Å². The molecule has 2 N–H and O–H groups in total. The number of nitrogens with one attached hydrogen (secondary N) is 1. The predicted octanol–water partition coefficient (Wildman–Crippen LogP) is 2.96. The van der Waals surface area contributed by atoms with Crippen molar-refractivity contribution in [3.8, 4) is 11.5 Å². The van der Waals surface area contributed by atoms with Crippen LogP contribution in [0.5, 0.6) is 11.5 Å². The molecule has 0 aliphatic rings. The van der Waals surface area contributed by atoms with Gasteiger partial charge < -0.3 is 14.4 Å². The molecule has 0 bridgehead atoms. The van der Waals surface area contributed by atoms with Gasteiger partial charge in [-0.2, -0.15) is 5.10 Å². The number of fused-ring (bicyclic) bond motifs is 1. The van der Waals surface area contributed by atoms with E-state index in [9.17, 15) is 9.90 Å². The minimum atomic E-state index is -0.298. The van der Waals surface area contributed by atoms with Gasteiger partial charge in [-0.1, -0.05) is 12.1 Å². The zero-order valence-corrected chi connectivity index (χ0v) is 14.3. The third-order valence-corrected chi connectivity index (χ3v) is 4.18. The molecule has 25 heavy (non-hydrogen) atoms. The number of aromatic hydroxyl groups is 1. The second-order valence-electron chi connectivity index (χ2n) is 5.70. The largest absolute Gasteiger partial charge is 0.508 e. The van der Waals surface area contributed by atoms with E-state index >= 15 is 0 Å². The van der Waals surface area contributed by atoms with Crippen LogP contribution >= 0.6 is 0 Å². The van der Waals surface area contributed by atoms with Gasteiger partial charge >= 0.3 is 0 Å². The molecule has 0 aliphatic heterocycles. The Labute approximate surface area is 145 Å². The molecule has 6 nitrogen and oxygen atoms in total. The fourth-order valence-corrected chi connectivity index (χ4v) is 2.79. The van der Waals surface area contributed by atoms with Gasteiger partial charge in [-0.15, -0.1) is 0 Å². The van der Waals surface area contributed by atoms with Crippen molar-refractivity contribution in [3.63, 3.8) is 0 Å². The number of nitrogens with zero attached hydrogens (tertiary/aromatic N) is 2. The summed E-state index contributed by atoms with van der Waals surface area (Å²) in [5.74, 6) is 0.537. The third-order valence-electron chi connectivity index (χ3n) is 4.18. The van der Waals surface area contributed by atoms with Gasteiger partial charge in [0.1, 0.15) is 11.5 Å². The number of phenolic OH excluding ortho intramolecular Hbond substituents is 1. The van der Waals surface area contributed by atoms with Crippen LogP contribution in [0, 0.1) is 6.92 Å². The maximum absolute atomic E-state index is 12.6. The van der Waals surface area contributed by atoms with E-state index in [-0.39, 0.29) is 11.7 Å². The smallest absolute Gasteiger partial charge is 0.273 e. The minimum Gasteiger partial charge on any atom is -0.508 e. The Morgan fingerprint density at radius 3 is 2.80 bits per heavy atom. The van der Waals surface area contributed by atoms with E-state index in [2.05, 4.69) is 10.5 Å². The maximum atomic E-state index is 12.6. The van der Waals surface area contributed by atoms with Crippen LogP contribution in [0.1, 0.15) is 21.6 Å². The molecule has 3 rings (SSSR count). The second kappa shape index (κ2) is 6.68. The number of carbonyl (C=O) groups excluding carboxylic acids is 1. The topological polar surface area (TPSA) is 75.8 Å². The number of carbonyl (C=O) groups is 1. The average molecular weight is 337 g/mol. The highest BCUT2D eigenvalue weighted by Gasteiger charge is 2.18. The number of ether oxygens (including phenoxy) is 1. The average Bonchev–Trinajstić information content (AvgIpc) is 2.85. The van der Waals surface area contributed by atoms with Crippen LogP contribution in [0.15, 0.2) is 47.6 Å². The minimum absolute atomic E-state index is 0.146. The van der Waals surface area contributed by atoms with E-state index < -0.39 is 0 Å². The monoisotopic (exact) mass is 337 g/mol. The van der Waals surface area contributed by atoms with Crippen molar-refractivity contribution in [1.29, 1.82) is 0 Å². The second-order valence-corrected chi connectivity index (χ2v) is 5.70. The van der Waals surface area contributed by atoms with Crippen molar-refractivity contribution in [3.05, 3.63) is 59.3 Å². The van der Waals surface area contributed by atoms with Crippen LogP contribution in [0.3, 0.4) is 0 Å². The third kappa shape index (κ3) is 3.19. The van der Waals surface area contributed by atoms with Gasteiger partial charge in [0.2, 0.25) is 0 Å². The van der Waals surface area contributed by atoms with Gasteiger partial charge in [-0.05, 0) is 42.8 Å². The summed E-state index contributed by atoms with van der Waals surface area (Å²) in [6.07, 6.45) is 1.48. The number of aryl methyl sites for hydroxylation is 1. The zero-order valence-electron chi connectivity index (χ0n) is 14.3. The van der Waals surface area contributed by atoms with E-state index in [1.54, 1.807) is 31.4 Å². The highest BCUT2D eigenvalue weighted by molar-refractivity contribution is 6.08. The number of benzene rings is 2. The maximum Gasteiger partial charge on any atom is 0.273 e. The Morgan fingerprint density at radius 1 is 1.28 bits per heavy atom. The van der Waals surface area contributed by atoms with Gasteiger partial charge in [-0.3, -0.25) is 4.79 Å². The lowest BCUT2D eigenvalue weighted by Gasteiger charge is -2.02. The summed E-state index contributed by atoms with van der Waals surface area (Å²) in [4.78, 5) is 12.6. The number of rotatable bonds is 4. The summed E-state index contributed by atoms with van der Waals surface area (Å²) in [7, 11) is 3.51. The van der Waals surface area contributed by atoms with E-state index in [4.69, 9.17) is 4.74 Å². The number of aromatic nitrogens is 1. The molecule has 0 spiro atoms. The SMILES string of the molecule is COc1ccc2c(c1)c(C(=O)N/N=C\c1cccc(O)c1)c(C)n2C. The lowest BCUT2D eigenvalue weighted by molar-refractivity contribution is 0.0956. The molecule has 0 fully saturated rings. The van der Waals surface area contributed by atoms with Gasteiger partial charge in [0, 0.05) is 23.6 Å². The molecule has 0 aliphatic carbocycles. The van der Waals surface area contributed by atoms with Crippen LogP contribution in [-0.2, 0) is 7.05 Å². The first-order valence-electron chi connectivity index (χ1n) is 7.76. The van der Waals surface area contributed by atoms with E-state index in [0.29, 0.717) is 16.9 Å². The van der Waals surface area contributed by atoms with E-state index in [1.165, 1.54) is 6.21 Å².